The smallest absolute Gasteiger partial charge is 0.307 e. The third-order valence-corrected chi connectivity index (χ3v) is 1.20. The Morgan fingerprint density at radius 2 is 1.82 bits per heavy atom. The van der Waals surface area contributed by atoms with E-state index in [2.05, 4.69) is 0 Å². The van der Waals surface area contributed by atoms with Crippen LogP contribution in [0.2, 0.25) is 0 Å². The second-order valence-corrected chi connectivity index (χ2v) is 2.06. The molecule has 0 aromatic heterocycles. The fourth-order valence-corrected chi connectivity index (χ4v) is 0.770. The van der Waals surface area contributed by atoms with Crippen molar-refractivity contribution in [3.8, 4) is 0 Å². The van der Waals surface area contributed by atoms with Crippen LogP contribution in [0.4, 0.5) is 0 Å². The fourth-order valence-electron chi connectivity index (χ4n) is 0.770. The minimum absolute atomic E-state index is 0. The van der Waals surface area contributed by atoms with E-state index in [4.69, 9.17) is 5.11 Å². The Balaban J connectivity index is 0.000001000. The van der Waals surface area contributed by atoms with Gasteiger partial charge in [0.15, 0.2) is 0 Å². The van der Waals surface area contributed by atoms with Crippen molar-refractivity contribution < 1.29 is 29.4 Å². The third-order valence-electron chi connectivity index (χ3n) is 1.20. The maximum Gasteiger partial charge on any atom is 0.307 e. The van der Waals surface area contributed by atoms with Crippen LogP contribution >= 0.6 is 0 Å². The van der Waals surface area contributed by atoms with Gasteiger partial charge < -0.3 is 5.11 Å². The van der Waals surface area contributed by atoms with Crippen molar-refractivity contribution in [3.63, 3.8) is 0 Å². The van der Waals surface area contributed by atoms with Gasteiger partial charge in [0.25, 0.3) is 0 Å². The first-order valence-corrected chi connectivity index (χ1v) is 3.05. The van der Waals surface area contributed by atoms with Crippen LogP contribution in [0.1, 0.15) is 5.56 Å². The molecule has 0 amide bonds. The van der Waals surface area contributed by atoms with Gasteiger partial charge in [-0.3, -0.25) is 4.79 Å². The first-order valence-electron chi connectivity index (χ1n) is 3.05. The minimum Gasteiger partial charge on any atom is -0.481 e. The normalized spacial score (nSPS) is 8.36. The summed E-state index contributed by atoms with van der Waals surface area (Å²) < 4.78 is 0. The molecule has 0 spiro atoms. The van der Waals surface area contributed by atoms with Crippen LogP contribution in [0.3, 0.4) is 0 Å². The van der Waals surface area contributed by atoms with Crippen LogP contribution in [-0.4, -0.2) is 11.1 Å². The predicted octanol–water partition coefficient (Wildman–Crippen LogP) is 1.31. The van der Waals surface area contributed by atoms with Crippen molar-refractivity contribution in [1.82, 2.24) is 0 Å². The van der Waals surface area contributed by atoms with Gasteiger partial charge in [0.1, 0.15) is 0 Å². The molecule has 0 unspecified atom stereocenters. The summed E-state index contributed by atoms with van der Waals surface area (Å²) in [7, 11) is 0. The predicted molar refractivity (Wildman–Crippen MR) is 37.8 cm³/mol. The summed E-state index contributed by atoms with van der Waals surface area (Å²) in [6, 6.07) is 9.13. The van der Waals surface area contributed by atoms with E-state index in [-0.39, 0.29) is 25.9 Å². The van der Waals surface area contributed by atoms with Crippen molar-refractivity contribution in [1.29, 1.82) is 0 Å². The first kappa shape index (κ1) is 10.3. The topological polar surface area (TPSA) is 37.3 Å². The van der Waals surface area contributed by atoms with Gasteiger partial charge in [-0.15, -0.1) is 0 Å². The van der Waals surface area contributed by atoms with E-state index in [1.54, 1.807) is 12.1 Å². The number of hydrogen-bond donors (Lipinski definition) is 1. The van der Waals surface area contributed by atoms with Gasteiger partial charge in [-0.05, 0) is 5.56 Å². The van der Waals surface area contributed by atoms with Crippen LogP contribution in [0.25, 0.3) is 0 Å². The van der Waals surface area contributed by atoms with E-state index in [1.807, 2.05) is 18.2 Å². The van der Waals surface area contributed by atoms with Gasteiger partial charge in [0, 0.05) is 19.5 Å². The number of aliphatic carboxylic acids is 1. The molecule has 3 heteroatoms. The van der Waals surface area contributed by atoms with Crippen LogP contribution in [0.5, 0.6) is 0 Å². The van der Waals surface area contributed by atoms with Crippen LogP contribution in [0, 0.1) is 0 Å². The number of carboxylic acid groups (broad SMARTS) is 1. The molecule has 0 bridgehead atoms. The van der Waals surface area contributed by atoms with Gasteiger partial charge in [-0.2, -0.15) is 0 Å². The average molecular weight is 202 g/mol. The van der Waals surface area contributed by atoms with E-state index in [0.29, 0.717) is 0 Å². The summed E-state index contributed by atoms with van der Waals surface area (Å²) >= 11 is 0. The average Bonchev–Trinajstić information content (AvgIpc) is 1.88. The van der Waals surface area contributed by atoms with Crippen LogP contribution in [0.15, 0.2) is 30.3 Å². The molecule has 0 fully saturated rings. The van der Waals surface area contributed by atoms with E-state index in [1.165, 1.54) is 0 Å². The maximum absolute atomic E-state index is 10.2. The maximum atomic E-state index is 10.2. The number of benzene rings is 1. The van der Waals surface area contributed by atoms with Gasteiger partial charge in [0.2, 0.25) is 0 Å². The second-order valence-electron chi connectivity index (χ2n) is 2.06. The standard InChI is InChI=1S/C8H8O2.Zn/c9-8(10)6-7-4-2-1-3-5-7;/h1-5H,6H2,(H,9,10);. The molecule has 54 valence electrons. The van der Waals surface area contributed by atoms with Gasteiger partial charge >= 0.3 is 5.97 Å². The number of carbonyl (C=O) groups is 1. The minimum atomic E-state index is -0.786. The second kappa shape index (κ2) is 5.03. The van der Waals surface area contributed by atoms with E-state index in [0.717, 1.165) is 5.56 Å². The van der Waals surface area contributed by atoms with Gasteiger partial charge in [-0.1, -0.05) is 30.3 Å². The Labute approximate surface area is 78.0 Å². The SMILES string of the molecule is O=C(O)Cc1ccccc1.[Zn]. The Hall–Kier alpha value is -0.687. The molecule has 1 aromatic rings. The molecule has 0 heterocycles. The van der Waals surface area contributed by atoms with Crippen LogP contribution < -0.4 is 0 Å². The van der Waals surface area contributed by atoms with Crippen molar-refractivity contribution in [2.24, 2.45) is 0 Å². The Morgan fingerprint density at radius 1 is 1.27 bits per heavy atom. The summed E-state index contributed by atoms with van der Waals surface area (Å²) in [4.78, 5) is 10.2. The summed E-state index contributed by atoms with van der Waals surface area (Å²) in [5.74, 6) is -0.786. The van der Waals surface area contributed by atoms with Gasteiger partial charge in [0.05, 0.1) is 6.42 Å². The van der Waals surface area contributed by atoms with Crippen molar-refractivity contribution in [3.05, 3.63) is 35.9 Å². The monoisotopic (exact) mass is 200 g/mol. The molecule has 11 heavy (non-hydrogen) atoms. The first-order chi connectivity index (χ1) is 4.79. The molecule has 0 aliphatic rings. The zero-order valence-corrected chi connectivity index (χ0v) is 9.12. The van der Waals surface area contributed by atoms with E-state index in [9.17, 15) is 4.79 Å². The Kier molecular flexibility index (Phi) is 4.72. The zero-order chi connectivity index (χ0) is 7.40. The Morgan fingerprint density at radius 3 is 2.27 bits per heavy atom. The summed E-state index contributed by atoms with van der Waals surface area (Å²) in [5.41, 5.74) is 0.843. The molecule has 0 aliphatic heterocycles. The molecular weight excluding hydrogens is 193 g/mol. The third kappa shape index (κ3) is 3.89. The summed E-state index contributed by atoms with van der Waals surface area (Å²) in [6.45, 7) is 0. The molecule has 0 aliphatic carbocycles. The largest absolute Gasteiger partial charge is 0.481 e. The molecule has 0 radical (unpaired) electrons. The number of hydrogen-bond acceptors (Lipinski definition) is 1. The van der Waals surface area contributed by atoms with Crippen LogP contribution in [-0.2, 0) is 30.7 Å². The molecule has 2 nitrogen and oxygen atoms in total. The molecule has 1 aromatic carbocycles. The summed E-state index contributed by atoms with van der Waals surface area (Å²) in [6.07, 6.45) is 0.112. The molecule has 1 rings (SSSR count). The van der Waals surface area contributed by atoms with Crippen molar-refractivity contribution >= 4 is 5.97 Å². The molecule has 0 atom stereocenters. The quantitative estimate of drug-likeness (QED) is 0.733. The van der Waals surface area contributed by atoms with Crippen molar-refractivity contribution in [2.45, 2.75) is 6.42 Å². The number of rotatable bonds is 2. The zero-order valence-electron chi connectivity index (χ0n) is 6.16. The molecule has 1 N–H and O–H groups in total. The van der Waals surface area contributed by atoms with E-state index < -0.39 is 5.97 Å². The van der Waals surface area contributed by atoms with Gasteiger partial charge in [-0.25, -0.2) is 0 Å². The Bertz CT molecular complexity index is 221. The molecule has 0 saturated carbocycles. The fraction of sp³-hybridized carbons (Fsp3) is 0.125. The van der Waals surface area contributed by atoms with E-state index >= 15 is 0 Å². The molecule has 0 saturated heterocycles. The van der Waals surface area contributed by atoms with Crippen molar-refractivity contribution in [2.75, 3.05) is 0 Å². The molecular formula is C8H8O2Zn. The summed E-state index contributed by atoms with van der Waals surface area (Å²) in [5, 5.41) is 8.37. The number of carboxylic acids is 1.